The normalized spacial score (nSPS) is 11.6. The van der Waals surface area contributed by atoms with E-state index in [-0.39, 0.29) is 31.1 Å². The van der Waals surface area contributed by atoms with Crippen molar-refractivity contribution in [2.24, 2.45) is 0 Å². The second-order valence-corrected chi connectivity index (χ2v) is 16.7. The summed E-state index contributed by atoms with van der Waals surface area (Å²) in [7, 11) is -8.34. The molecule has 0 unspecified atom stereocenters. The highest BCUT2D eigenvalue weighted by molar-refractivity contribution is 7.92. The molecule has 8 aromatic carbocycles. The highest BCUT2D eigenvalue weighted by atomic mass is 32.2. The molecule has 0 N–H and O–H groups in total. The van der Waals surface area contributed by atoms with Crippen LogP contribution in [-0.2, 0) is 19.7 Å². The second-order valence-electron chi connectivity index (χ2n) is 12.9. The zero-order valence-corrected chi connectivity index (χ0v) is 31.1. The molecule has 55 heavy (non-hydrogen) atoms. The fourth-order valence-electron chi connectivity index (χ4n) is 6.69. The predicted molar refractivity (Wildman–Crippen MR) is 218 cm³/mol. The summed E-state index contributed by atoms with van der Waals surface area (Å²) in [5, 5.41) is 0. The molecular weight excluding hydrogens is 721 g/mol. The lowest BCUT2D eigenvalue weighted by Gasteiger charge is -2.17. The lowest BCUT2D eigenvalue weighted by molar-refractivity contribution is 0.454. The summed E-state index contributed by atoms with van der Waals surface area (Å²) < 4.78 is 64.5. The number of sulfone groups is 2. The van der Waals surface area contributed by atoms with E-state index in [1.807, 2.05) is 109 Å². The van der Waals surface area contributed by atoms with Crippen LogP contribution >= 0.6 is 0 Å². The van der Waals surface area contributed by atoms with Crippen molar-refractivity contribution in [3.8, 4) is 56.0 Å². The van der Waals surface area contributed by atoms with Crippen molar-refractivity contribution in [1.82, 2.24) is 0 Å². The van der Waals surface area contributed by atoms with Gasteiger partial charge in [0.1, 0.15) is 21.3 Å². The van der Waals surface area contributed by atoms with Gasteiger partial charge in [-0.3, -0.25) is 0 Å². The molecule has 0 aliphatic carbocycles. The van der Waals surface area contributed by atoms with Gasteiger partial charge in [0.25, 0.3) is 0 Å². The van der Waals surface area contributed by atoms with Gasteiger partial charge in [-0.2, -0.15) is 0 Å². The lowest BCUT2D eigenvalue weighted by atomic mass is 10.0. The zero-order valence-electron chi connectivity index (χ0n) is 29.5. The van der Waals surface area contributed by atoms with E-state index >= 15 is 0 Å². The summed E-state index contributed by atoms with van der Waals surface area (Å²) in [5.41, 5.74) is 6.70. The quantitative estimate of drug-likeness (QED) is 0.139. The molecule has 8 rings (SSSR count). The standard InChI is InChI=1S/C48H34O5S2/c49-54(50,45-23-11-7-19-41(45)39-31-27-37(28-32-39)35-15-3-1-4-16-35)47-25-13-9-21-43(47)53-44-22-10-14-26-48(44)55(51,52)46-24-12-8-20-42(46)40-33-29-38(30-34-40)36-17-5-2-6-18-36/h1-34H. The number of para-hydroxylation sites is 2. The smallest absolute Gasteiger partial charge is 0.210 e. The van der Waals surface area contributed by atoms with E-state index in [0.717, 1.165) is 33.4 Å². The summed E-state index contributed by atoms with van der Waals surface area (Å²) in [5.74, 6) is 0.00771. The summed E-state index contributed by atoms with van der Waals surface area (Å²) in [6, 6.07) is 61.8. The van der Waals surface area contributed by atoms with Gasteiger partial charge in [-0.1, -0.05) is 170 Å². The van der Waals surface area contributed by atoms with E-state index in [9.17, 15) is 16.8 Å². The highest BCUT2D eigenvalue weighted by Crippen LogP contribution is 2.41. The minimum atomic E-state index is -4.17. The van der Waals surface area contributed by atoms with Crippen LogP contribution in [0.3, 0.4) is 0 Å². The van der Waals surface area contributed by atoms with E-state index in [1.54, 1.807) is 72.8 Å². The molecule has 0 aromatic heterocycles. The van der Waals surface area contributed by atoms with Crippen molar-refractivity contribution in [3.63, 3.8) is 0 Å². The van der Waals surface area contributed by atoms with E-state index < -0.39 is 19.7 Å². The van der Waals surface area contributed by atoms with Gasteiger partial charge in [0, 0.05) is 11.1 Å². The van der Waals surface area contributed by atoms with Crippen LogP contribution in [0.15, 0.2) is 226 Å². The average Bonchev–Trinajstić information content (AvgIpc) is 3.25. The van der Waals surface area contributed by atoms with Crippen molar-refractivity contribution in [1.29, 1.82) is 0 Å². The first-order chi connectivity index (χ1) is 26.8. The van der Waals surface area contributed by atoms with Crippen molar-refractivity contribution in [2.75, 3.05) is 0 Å². The molecule has 0 amide bonds. The van der Waals surface area contributed by atoms with Gasteiger partial charge in [0.05, 0.1) is 9.79 Å². The van der Waals surface area contributed by atoms with Crippen LogP contribution in [0.1, 0.15) is 0 Å². The van der Waals surface area contributed by atoms with Crippen molar-refractivity contribution >= 4 is 19.7 Å². The molecule has 0 saturated carbocycles. The Morgan fingerprint density at radius 3 is 0.909 bits per heavy atom. The number of ether oxygens (including phenoxy) is 1. The first-order valence-corrected chi connectivity index (χ1v) is 20.6. The van der Waals surface area contributed by atoms with Gasteiger partial charge in [0.2, 0.25) is 19.7 Å². The Balaban J connectivity index is 1.14. The molecule has 0 saturated heterocycles. The van der Waals surface area contributed by atoms with Gasteiger partial charge in [-0.25, -0.2) is 16.8 Å². The van der Waals surface area contributed by atoms with E-state index in [2.05, 4.69) is 0 Å². The molecule has 5 nitrogen and oxygen atoms in total. The van der Waals surface area contributed by atoms with Crippen molar-refractivity contribution in [3.05, 3.63) is 206 Å². The second kappa shape index (κ2) is 15.1. The molecule has 0 aliphatic heterocycles. The fraction of sp³-hybridized carbons (Fsp3) is 0. The molecule has 0 fully saturated rings. The average molecular weight is 755 g/mol. The molecule has 0 heterocycles. The van der Waals surface area contributed by atoms with Crippen LogP contribution in [0.25, 0.3) is 44.5 Å². The van der Waals surface area contributed by atoms with Crippen LogP contribution in [0, 0.1) is 0 Å². The van der Waals surface area contributed by atoms with Crippen LogP contribution < -0.4 is 4.74 Å². The third kappa shape index (κ3) is 7.11. The van der Waals surface area contributed by atoms with Crippen molar-refractivity contribution < 1.29 is 21.6 Å². The largest absolute Gasteiger partial charge is 0.455 e. The molecule has 0 aliphatic rings. The van der Waals surface area contributed by atoms with Gasteiger partial charge >= 0.3 is 0 Å². The molecule has 268 valence electrons. The van der Waals surface area contributed by atoms with Gasteiger partial charge in [0.15, 0.2) is 0 Å². The van der Waals surface area contributed by atoms with E-state index in [0.29, 0.717) is 11.1 Å². The van der Waals surface area contributed by atoms with Gasteiger partial charge in [-0.05, 0) is 69.8 Å². The monoisotopic (exact) mass is 754 g/mol. The summed E-state index contributed by atoms with van der Waals surface area (Å²) >= 11 is 0. The number of hydrogen-bond donors (Lipinski definition) is 0. The number of hydrogen-bond acceptors (Lipinski definition) is 5. The zero-order chi connectivity index (χ0) is 37.8. The molecule has 0 radical (unpaired) electrons. The first-order valence-electron chi connectivity index (χ1n) is 17.7. The van der Waals surface area contributed by atoms with E-state index in [1.165, 1.54) is 24.3 Å². The molecule has 0 atom stereocenters. The van der Waals surface area contributed by atoms with Gasteiger partial charge < -0.3 is 4.74 Å². The topological polar surface area (TPSA) is 77.5 Å². The van der Waals surface area contributed by atoms with Crippen LogP contribution in [0.2, 0.25) is 0 Å². The molecule has 8 aromatic rings. The summed E-state index contributed by atoms with van der Waals surface area (Å²) in [6.07, 6.45) is 0. The third-order valence-electron chi connectivity index (χ3n) is 9.46. The minimum absolute atomic E-state index is 0.00386. The Morgan fingerprint density at radius 1 is 0.255 bits per heavy atom. The fourth-order valence-corrected chi connectivity index (χ4v) is 9.90. The molecular formula is C48H34O5S2. The van der Waals surface area contributed by atoms with Gasteiger partial charge in [-0.15, -0.1) is 0 Å². The Hall–Kier alpha value is -6.54. The Kier molecular flexibility index (Phi) is 9.72. The number of rotatable bonds is 10. The lowest BCUT2D eigenvalue weighted by Crippen LogP contribution is -2.08. The maximum atomic E-state index is 14.5. The van der Waals surface area contributed by atoms with Crippen molar-refractivity contribution in [2.45, 2.75) is 19.6 Å². The maximum Gasteiger partial charge on any atom is 0.210 e. The minimum Gasteiger partial charge on any atom is -0.455 e. The van der Waals surface area contributed by atoms with Crippen LogP contribution in [0.5, 0.6) is 11.5 Å². The predicted octanol–water partition coefficient (Wildman–Crippen LogP) is 11.8. The Labute approximate surface area is 321 Å². The highest BCUT2D eigenvalue weighted by Gasteiger charge is 2.29. The van der Waals surface area contributed by atoms with Crippen LogP contribution in [0.4, 0.5) is 0 Å². The Bertz CT molecular complexity index is 2640. The van der Waals surface area contributed by atoms with E-state index in [4.69, 9.17) is 4.74 Å². The molecule has 7 heteroatoms. The number of benzene rings is 8. The summed E-state index contributed by atoms with van der Waals surface area (Å²) in [6.45, 7) is 0. The maximum absolute atomic E-state index is 14.5. The SMILES string of the molecule is O=S(=O)(c1ccccc1Oc1ccccc1S(=O)(=O)c1ccccc1-c1ccc(-c2ccccc2)cc1)c1ccccc1-c1ccc(-c2ccccc2)cc1. The Morgan fingerprint density at radius 2 is 0.527 bits per heavy atom. The molecule has 0 bridgehead atoms. The van der Waals surface area contributed by atoms with Crippen LogP contribution in [-0.4, -0.2) is 16.8 Å². The third-order valence-corrected chi connectivity index (χ3v) is 13.2. The first kappa shape index (κ1) is 35.5. The summed E-state index contributed by atoms with van der Waals surface area (Å²) in [4.78, 5) is 0.0298. The molecule has 0 spiro atoms.